The molecule has 0 aliphatic carbocycles. The lowest BCUT2D eigenvalue weighted by Crippen LogP contribution is -2.43. The van der Waals surface area contributed by atoms with Crippen LogP contribution in [0, 0.1) is 23.7 Å². The number of ether oxygens (including phenoxy) is 1. The monoisotopic (exact) mass is 964 g/mol. The van der Waals surface area contributed by atoms with E-state index in [0.29, 0.717) is 5.56 Å². The lowest BCUT2D eigenvalue weighted by Gasteiger charge is -2.21. The van der Waals surface area contributed by atoms with Crippen LogP contribution in [0.4, 0.5) is 57.5 Å². The van der Waals surface area contributed by atoms with Crippen LogP contribution in [0.2, 0.25) is 0 Å². The third-order valence-electron chi connectivity index (χ3n) is 8.76. The highest BCUT2D eigenvalue weighted by Crippen LogP contribution is 2.31. The van der Waals surface area contributed by atoms with Crippen molar-refractivity contribution in [1.29, 1.82) is 0 Å². The fraction of sp³-hybridized carbons (Fsp3) is 0.564. The third kappa shape index (κ3) is 28.9. The second kappa shape index (κ2) is 28.5. The second-order valence-corrected chi connectivity index (χ2v) is 14.5. The molecule has 0 fully saturated rings. The van der Waals surface area contributed by atoms with Gasteiger partial charge in [0.2, 0.25) is 0 Å². The molecule has 10 N–H and O–H groups in total. The van der Waals surface area contributed by atoms with Crippen LogP contribution in [0.5, 0.6) is 0 Å². The van der Waals surface area contributed by atoms with E-state index in [-0.39, 0.29) is 13.2 Å². The number of carbonyl (C=O) groups excluding carboxylic acids is 1. The van der Waals surface area contributed by atoms with Crippen molar-refractivity contribution in [1.82, 2.24) is 10.6 Å². The fourth-order valence-corrected chi connectivity index (χ4v) is 4.44. The van der Waals surface area contributed by atoms with E-state index in [1.807, 2.05) is 11.4 Å². The SMILES string of the molecule is CC(CC(N)C(=O)O)C(F)(F)F.CC(CC(NCc1ccccc1)C(=O)O)C(F)(F)F.CC(C[C@H](N)C(=O)O)C(F)(F)F.CC(C[C@H](NC(=O)OCc1ccccc1)C(=O)O)C(F)(F)F. The number of carboxylic acids is 4. The van der Waals surface area contributed by atoms with Crippen LogP contribution in [-0.4, -0.2) is 99.3 Å². The normalized spacial score (nSPS) is 15.4. The highest BCUT2D eigenvalue weighted by atomic mass is 19.4. The Hall–Kier alpha value is -5.37. The molecule has 8 atom stereocenters. The van der Waals surface area contributed by atoms with Crippen molar-refractivity contribution in [2.75, 3.05) is 0 Å². The maximum absolute atomic E-state index is 12.4. The van der Waals surface area contributed by atoms with Crippen LogP contribution in [0.15, 0.2) is 60.7 Å². The highest BCUT2D eigenvalue weighted by Gasteiger charge is 2.41. The van der Waals surface area contributed by atoms with E-state index in [4.69, 9.17) is 36.6 Å². The number of amides is 1. The standard InChI is InChI=1S/C14H16F3NO4.C13H16F3NO2.2C6H10F3NO2/c1-9(14(15,16)17)7-11(12(19)20)18-13(21)22-8-10-5-3-2-4-6-10;1-9(13(14,15)16)7-11(12(18)19)17-8-10-5-3-2-4-6-10;2*1-3(6(7,8)9)2-4(10)5(11)12/h2-6,9,11H,7-8H2,1H3,(H,18,21)(H,19,20);2-6,9,11,17H,7-8H2,1H3,(H,18,19);2*3-4H,2,10H2,1H3,(H,11,12)/t9?,11-;;3?,4-;/m0.0./s1. The lowest BCUT2D eigenvalue weighted by atomic mass is 10.0. The van der Waals surface area contributed by atoms with E-state index >= 15 is 0 Å². The number of nitrogens with one attached hydrogen (secondary N) is 2. The third-order valence-corrected chi connectivity index (χ3v) is 8.76. The molecule has 2 rings (SSSR count). The number of benzene rings is 2. The Balaban J connectivity index is 0. The number of carbonyl (C=O) groups is 5. The van der Waals surface area contributed by atoms with Gasteiger partial charge in [0.15, 0.2) is 0 Å². The van der Waals surface area contributed by atoms with Crippen molar-refractivity contribution < 1.29 is 102 Å². The molecule has 14 nitrogen and oxygen atoms in total. The molecule has 0 heterocycles. The summed E-state index contributed by atoms with van der Waals surface area (Å²) in [4.78, 5) is 53.5. The van der Waals surface area contributed by atoms with Crippen LogP contribution >= 0.6 is 0 Å². The summed E-state index contributed by atoms with van der Waals surface area (Å²) in [5.41, 5.74) is 11.3. The number of nitrogens with two attached hydrogens (primary N) is 2. The van der Waals surface area contributed by atoms with Crippen molar-refractivity contribution in [2.45, 2.75) is 115 Å². The molecule has 2 aromatic rings. The Kier molecular flexibility index (Phi) is 27.1. The van der Waals surface area contributed by atoms with Gasteiger partial charge in [0.25, 0.3) is 0 Å². The van der Waals surface area contributed by atoms with Gasteiger partial charge in [0.05, 0.1) is 23.7 Å². The molecule has 0 aliphatic heterocycles. The number of aliphatic carboxylic acids is 4. The van der Waals surface area contributed by atoms with Gasteiger partial charge in [0, 0.05) is 6.54 Å². The molecule has 1 amide bonds. The molecule has 0 saturated carbocycles. The molecule has 0 spiro atoms. The summed E-state index contributed by atoms with van der Waals surface area (Å²) in [5, 5.41) is 38.8. The molecule has 372 valence electrons. The van der Waals surface area contributed by atoms with Crippen molar-refractivity contribution in [3.63, 3.8) is 0 Å². The number of halogens is 12. The maximum atomic E-state index is 12.4. The molecule has 26 heteroatoms. The van der Waals surface area contributed by atoms with Crippen LogP contribution in [0.1, 0.15) is 64.5 Å². The van der Waals surface area contributed by atoms with Gasteiger partial charge < -0.3 is 47.3 Å². The average Bonchev–Trinajstić information content (AvgIpc) is 3.18. The summed E-state index contributed by atoms with van der Waals surface area (Å²) in [5.74, 6) is -12.5. The molecule has 65 heavy (non-hydrogen) atoms. The first-order chi connectivity index (χ1) is 29.5. The Bertz CT molecular complexity index is 1680. The summed E-state index contributed by atoms with van der Waals surface area (Å²) in [6.45, 7) is 3.77. The number of hydrogen-bond acceptors (Lipinski definition) is 9. The molecular weight excluding hydrogens is 912 g/mol. The number of alkyl halides is 12. The minimum absolute atomic E-state index is 0.103. The number of carboxylic acid groups (broad SMARTS) is 4. The van der Waals surface area contributed by atoms with Gasteiger partial charge in [-0.1, -0.05) is 88.4 Å². The summed E-state index contributed by atoms with van der Waals surface area (Å²) in [6, 6.07) is 11.8. The minimum atomic E-state index is -4.52. The van der Waals surface area contributed by atoms with E-state index < -0.39 is 128 Å². The Labute approximate surface area is 364 Å². The topological polar surface area (TPSA) is 252 Å². The summed E-state index contributed by atoms with van der Waals surface area (Å²) in [6.07, 6.45) is -21.1. The van der Waals surface area contributed by atoms with Crippen LogP contribution < -0.4 is 22.1 Å². The Morgan fingerprint density at radius 2 is 0.815 bits per heavy atom. The van der Waals surface area contributed by atoms with Gasteiger partial charge in [-0.2, -0.15) is 52.7 Å². The molecule has 0 aromatic heterocycles. The quantitative estimate of drug-likeness (QED) is 0.0667. The highest BCUT2D eigenvalue weighted by molar-refractivity contribution is 5.80. The summed E-state index contributed by atoms with van der Waals surface area (Å²) >= 11 is 0. The van der Waals surface area contributed by atoms with Gasteiger partial charge in [-0.15, -0.1) is 0 Å². The smallest absolute Gasteiger partial charge is 0.408 e. The van der Waals surface area contributed by atoms with Gasteiger partial charge in [-0.05, 0) is 36.8 Å². The lowest BCUT2D eigenvalue weighted by molar-refractivity contribution is -0.175. The van der Waals surface area contributed by atoms with E-state index in [9.17, 15) is 76.7 Å². The first-order valence-electron chi connectivity index (χ1n) is 18.9. The van der Waals surface area contributed by atoms with Crippen LogP contribution in [-0.2, 0) is 37.1 Å². The van der Waals surface area contributed by atoms with Crippen molar-refractivity contribution in [2.24, 2.45) is 35.1 Å². The second-order valence-electron chi connectivity index (χ2n) is 14.5. The van der Waals surface area contributed by atoms with E-state index in [0.717, 1.165) is 33.3 Å². The van der Waals surface area contributed by atoms with Crippen molar-refractivity contribution in [3.05, 3.63) is 71.8 Å². The Morgan fingerprint density at radius 3 is 1.12 bits per heavy atom. The first-order valence-corrected chi connectivity index (χ1v) is 18.9. The Morgan fingerprint density at radius 1 is 0.508 bits per heavy atom. The molecule has 0 radical (unpaired) electrons. The summed E-state index contributed by atoms with van der Waals surface area (Å²) < 4.78 is 150. The van der Waals surface area contributed by atoms with Gasteiger partial charge in [0.1, 0.15) is 30.8 Å². The molecular formula is C39H52F12N4O10. The molecule has 6 unspecified atom stereocenters. The average molecular weight is 965 g/mol. The van der Waals surface area contributed by atoms with Gasteiger partial charge >= 0.3 is 54.7 Å². The fourth-order valence-electron chi connectivity index (χ4n) is 4.44. The number of hydrogen-bond donors (Lipinski definition) is 8. The largest absolute Gasteiger partial charge is 0.480 e. The van der Waals surface area contributed by atoms with Crippen LogP contribution in [0.3, 0.4) is 0 Å². The molecule has 0 saturated heterocycles. The van der Waals surface area contributed by atoms with Crippen molar-refractivity contribution >= 4 is 30.0 Å². The molecule has 0 bridgehead atoms. The zero-order valence-electron chi connectivity index (χ0n) is 35.1. The summed E-state index contributed by atoms with van der Waals surface area (Å²) in [7, 11) is 0. The van der Waals surface area contributed by atoms with E-state index in [1.54, 1.807) is 54.6 Å². The predicted molar refractivity (Wildman–Crippen MR) is 206 cm³/mol. The van der Waals surface area contributed by atoms with Gasteiger partial charge in [-0.3, -0.25) is 14.4 Å². The van der Waals surface area contributed by atoms with Crippen LogP contribution in [0.25, 0.3) is 0 Å². The van der Waals surface area contributed by atoms with E-state index in [1.165, 1.54) is 0 Å². The minimum Gasteiger partial charge on any atom is -0.480 e. The number of rotatable bonds is 18. The zero-order valence-corrected chi connectivity index (χ0v) is 35.1. The maximum Gasteiger partial charge on any atom is 0.408 e. The molecule has 0 aliphatic rings. The predicted octanol–water partition coefficient (Wildman–Crippen LogP) is 7.75. The number of alkyl carbamates (subject to hydrolysis) is 1. The zero-order chi connectivity index (χ0) is 51.1. The van der Waals surface area contributed by atoms with Crippen molar-refractivity contribution in [3.8, 4) is 0 Å². The van der Waals surface area contributed by atoms with E-state index in [2.05, 4.69) is 5.32 Å². The first kappa shape index (κ1) is 61.7. The van der Waals surface area contributed by atoms with Gasteiger partial charge in [-0.25, -0.2) is 9.59 Å². The molecule has 2 aromatic carbocycles.